The predicted molar refractivity (Wildman–Crippen MR) is 91.4 cm³/mol. The molecule has 2 aromatic rings. The van der Waals surface area contributed by atoms with Crippen molar-refractivity contribution in [3.8, 4) is 0 Å². The number of hydrogen-bond donors (Lipinski definition) is 1. The van der Waals surface area contributed by atoms with Crippen molar-refractivity contribution in [2.75, 3.05) is 6.26 Å². The summed E-state index contributed by atoms with van der Waals surface area (Å²) in [6, 6.07) is 6.23. The maximum Gasteiger partial charge on any atom is 0.224 e. The molecule has 1 amide bonds. The molecule has 0 fully saturated rings. The highest BCUT2D eigenvalue weighted by Crippen LogP contribution is 2.22. The molecule has 2 rings (SSSR count). The van der Waals surface area contributed by atoms with Crippen LogP contribution in [-0.2, 0) is 21.1 Å². The number of hydrogen-bond acceptors (Lipinski definition) is 5. The van der Waals surface area contributed by atoms with E-state index in [1.165, 1.54) is 12.1 Å². The molecule has 0 spiro atoms. The summed E-state index contributed by atoms with van der Waals surface area (Å²) in [4.78, 5) is 17.9. The quantitative estimate of drug-likeness (QED) is 0.897. The number of thiazole rings is 1. The molecule has 1 unspecified atom stereocenters. The molecule has 0 saturated carbocycles. The zero-order valence-corrected chi connectivity index (χ0v) is 15.2. The molecule has 7 heteroatoms. The maximum absolute atomic E-state index is 12.1. The Labute approximate surface area is 140 Å². The minimum Gasteiger partial charge on any atom is -0.348 e. The van der Waals surface area contributed by atoms with E-state index in [4.69, 9.17) is 0 Å². The molecule has 23 heavy (non-hydrogen) atoms. The number of rotatable bonds is 5. The predicted octanol–water partition coefficient (Wildman–Crippen LogP) is 2.58. The van der Waals surface area contributed by atoms with Gasteiger partial charge in [0, 0.05) is 11.1 Å². The first kappa shape index (κ1) is 17.6. The van der Waals surface area contributed by atoms with Gasteiger partial charge in [-0.25, -0.2) is 13.4 Å². The molecule has 5 nitrogen and oxygen atoms in total. The average molecular weight is 352 g/mol. The minimum atomic E-state index is -3.21. The van der Waals surface area contributed by atoms with Crippen LogP contribution in [0.2, 0.25) is 0 Å². The molecule has 1 aromatic carbocycles. The first-order chi connectivity index (χ1) is 10.7. The Hall–Kier alpha value is -1.73. The molecular weight excluding hydrogens is 332 g/mol. The smallest absolute Gasteiger partial charge is 0.224 e. The number of nitrogens with zero attached hydrogens (tertiary/aromatic N) is 1. The molecule has 0 saturated heterocycles. The van der Waals surface area contributed by atoms with Crippen LogP contribution in [-0.4, -0.2) is 25.6 Å². The molecule has 1 N–H and O–H groups in total. The van der Waals surface area contributed by atoms with E-state index in [9.17, 15) is 13.2 Å². The molecule has 124 valence electrons. The fourth-order valence-electron chi connectivity index (χ4n) is 2.35. The Balaban J connectivity index is 2.01. The Bertz CT molecular complexity index is 808. The second kappa shape index (κ2) is 6.80. The van der Waals surface area contributed by atoms with Crippen molar-refractivity contribution in [2.24, 2.45) is 0 Å². The summed E-state index contributed by atoms with van der Waals surface area (Å²) in [7, 11) is -3.21. The van der Waals surface area contributed by atoms with Crippen LogP contribution >= 0.6 is 11.3 Å². The molecule has 1 atom stereocenters. The first-order valence-electron chi connectivity index (χ1n) is 7.19. The number of nitrogens with one attached hydrogen (secondary N) is 1. The Morgan fingerprint density at radius 2 is 1.87 bits per heavy atom. The highest BCUT2D eigenvalue weighted by Gasteiger charge is 2.16. The third-order valence-electron chi connectivity index (χ3n) is 3.44. The monoisotopic (exact) mass is 352 g/mol. The van der Waals surface area contributed by atoms with Crippen LogP contribution in [0.4, 0.5) is 0 Å². The van der Waals surface area contributed by atoms with E-state index in [2.05, 4.69) is 10.3 Å². The summed E-state index contributed by atoms with van der Waals surface area (Å²) >= 11 is 1.61. The fourth-order valence-corrected chi connectivity index (χ4v) is 3.89. The second-order valence-electron chi connectivity index (χ2n) is 5.56. The first-order valence-corrected chi connectivity index (χ1v) is 9.90. The lowest BCUT2D eigenvalue weighted by atomic mass is 10.1. The highest BCUT2D eigenvalue weighted by atomic mass is 32.2. The standard InChI is InChI=1S/C16H20N2O3S2/c1-10(16-11(2)22-12(3)18-16)17-15(19)9-13-5-7-14(8-6-13)23(4,20)21/h5-8,10H,9H2,1-4H3,(H,17,19). The van der Waals surface area contributed by atoms with Crippen molar-refractivity contribution in [3.63, 3.8) is 0 Å². The zero-order chi connectivity index (χ0) is 17.2. The van der Waals surface area contributed by atoms with Crippen LogP contribution in [0.1, 0.15) is 34.1 Å². The van der Waals surface area contributed by atoms with Gasteiger partial charge in [0.15, 0.2) is 9.84 Å². The number of benzene rings is 1. The Kier molecular flexibility index (Phi) is 5.21. The van der Waals surface area contributed by atoms with Gasteiger partial charge >= 0.3 is 0 Å². The molecule has 1 heterocycles. The van der Waals surface area contributed by atoms with E-state index in [1.807, 2.05) is 20.8 Å². The van der Waals surface area contributed by atoms with Crippen LogP contribution in [0.3, 0.4) is 0 Å². The summed E-state index contributed by atoms with van der Waals surface area (Å²) in [6.07, 6.45) is 1.37. The highest BCUT2D eigenvalue weighted by molar-refractivity contribution is 7.90. The van der Waals surface area contributed by atoms with E-state index in [0.29, 0.717) is 0 Å². The van der Waals surface area contributed by atoms with E-state index in [-0.39, 0.29) is 23.3 Å². The lowest BCUT2D eigenvalue weighted by Gasteiger charge is -2.13. The van der Waals surface area contributed by atoms with Crippen LogP contribution in [0.15, 0.2) is 29.2 Å². The average Bonchev–Trinajstić information content (AvgIpc) is 2.77. The van der Waals surface area contributed by atoms with E-state index in [1.54, 1.807) is 23.5 Å². The van der Waals surface area contributed by atoms with Gasteiger partial charge in [0.05, 0.1) is 28.1 Å². The van der Waals surface area contributed by atoms with Gasteiger partial charge in [0.1, 0.15) is 0 Å². The van der Waals surface area contributed by atoms with Gasteiger partial charge < -0.3 is 5.32 Å². The third kappa shape index (κ3) is 4.62. The van der Waals surface area contributed by atoms with Gasteiger partial charge in [0.25, 0.3) is 0 Å². The van der Waals surface area contributed by atoms with Crippen molar-refractivity contribution < 1.29 is 13.2 Å². The van der Waals surface area contributed by atoms with E-state index >= 15 is 0 Å². The number of aromatic nitrogens is 1. The molecule has 0 radical (unpaired) electrons. The number of sulfone groups is 1. The van der Waals surface area contributed by atoms with Crippen molar-refractivity contribution >= 4 is 27.1 Å². The molecule has 1 aromatic heterocycles. The molecule has 0 aliphatic rings. The summed E-state index contributed by atoms with van der Waals surface area (Å²) in [6.45, 7) is 5.84. The maximum atomic E-state index is 12.1. The summed E-state index contributed by atoms with van der Waals surface area (Å²) in [5, 5.41) is 3.91. The van der Waals surface area contributed by atoms with Crippen molar-refractivity contribution in [3.05, 3.63) is 45.4 Å². The van der Waals surface area contributed by atoms with E-state index in [0.717, 1.165) is 27.4 Å². The number of amides is 1. The van der Waals surface area contributed by atoms with Gasteiger partial charge in [-0.3, -0.25) is 4.79 Å². The van der Waals surface area contributed by atoms with Crippen molar-refractivity contribution in [2.45, 2.75) is 38.1 Å². The largest absolute Gasteiger partial charge is 0.348 e. The molecule has 0 aliphatic heterocycles. The molecule has 0 bridgehead atoms. The summed E-state index contributed by atoms with van der Waals surface area (Å²) < 4.78 is 22.8. The van der Waals surface area contributed by atoms with Gasteiger partial charge in [-0.2, -0.15) is 0 Å². The summed E-state index contributed by atoms with van der Waals surface area (Å²) in [5.74, 6) is -0.116. The van der Waals surface area contributed by atoms with Gasteiger partial charge in [-0.15, -0.1) is 11.3 Å². The lowest BCUT2D eigenvalue weighted by molar-refractivity contribution is -0.121. The minimum absolute atomic E-state index is 0.116. The Morgan fingerprint density at radius 3 is 2.35 bits per heavy atom. The normalized spacial score (nSPS) is 12.9. The van der Waals surface area contributed by atoms with Crippen LogP contribution in [0.25, 0.3) is 0 Å². The zero-order valence-electron chi connectivity index (χ0n) is 13.6. The van der Waals surface area contributed by atoms with Crippen LogP contribution in [0.5, 0.6) is 0 Å². The van der Waals surface area contributed by atoms with Gasteiger partial charge in [-0.05, 0) is 38.5 Å². The van der Waals surface area contributed by atoms with Gasteiger partial charge in [-0.1, -0.05) is 12.1 Å². The number of carbonyl (C=O) groups is 1. The van der Waals surface area contributed by atoms with Crippen molar-refractivity contribution in [1.82, 2.24) is 10.3 Å². The molecular formula is C16H20N2O3S2. The second-order valence-corrected chi connectivity index (χ2v) is 8.98. The van der Waals surface area contributed by atoms with Crippen LogP contribution in [0, 0.1) is 13.8 Å². The van der Waals surface area contributed by atoms with Gasteiger partial charge in [0.2, 0.25) is 5.91 Å². The SMILES string of the molecule is Cc1nc(C(C)NC(=O)Cc2ccc(S(C)(=O)=O)cc2)c(C)s1. The lowest BCUT2D eigenvalue weighted by Crippen LogP contribution is -2.28. The topological polar surface area (TPSA) is 76.1 Å². The van der Waals surface area contributed by atoms with Crippen LogP contribution < -0.4 is 5.32 Å². The summed E-state index contributed by atoms with van der Waals surface area (Å²) in [5.41, 5.74) is 1.67. The molecule has 0 aliphatic carbocycles. The number of aryl methyl sites for hydroxylation is 2. The fraction of sp³-hybridized carbons (Fsp3) is 0.375. The van der Waals surface area contributed by atoms with E-state index < -0.39 is 9.84 Å². The third-order valence-corrected chi connectivity index (χ3v) is 5.47. The Morgan fingerprint density at radius 1 is 1.26 bits per heavy atom. The number of carbonyl (C=O) groups excluding carboxylic acids is 1. The van der Waals surface area contributed by atoms with Crippen molar-refractivity contribution in [1.29, 1.82) is 0 Å².